The monoisotopic (exact) mass is 318 g/mol. The quantitative estimate of drug-likeness (QED) is 0.632. The van der Waals surface area contributed by atoms with E-state index in [4.69, 9.17) is 0 Å². The predicted octanol–water partition coefficient (Wildman–Crippen LogP) is 2.54. The van der Waals surface area contributed by atoms with E-state index in [1.165, 1.54) is 5.69 Å². The maximum Gasteiger partial charge on any atom is 0.164 e. The normalized spacial score (nSPS) is 20.9. The van der Waals surface area contributed by atoms with Gasteiger partial charge in [-0.15, -0.1) is 0 Å². The summed E-state index contributed by atoms with van der Waals surface area (Å²) in [6.07, 6.45) is 0. The third-order valence-electron chi connectivity index (χ3n) is 2.31. The van der Waals surface area contributed by atoms with Gasteiger partial charge in [0.25, 0.3) is 0 Å². The molecule has 0 bridgehead atoms. The van der Waals surface area contributed by atoms with Crippen molar-refractivity contribution < 1.29 is 0 Å². The molecule has 1 saturated heterocycles. The van der Waals surface area contributed by atoms with E-state index in [2.05, 4.69) is 66.3 Å². The van der Waals surface area contributed by atoms with Gasteiger partial charge in [0.1, 0.15) is 0 Å². The lowest BCUT2D eigenvalue weighted by atomic mass is 10.2. The minimum Gasteiger partial charge on any atom is -0.345 e. The Kier molecular flexibility index (Phi) is 3.14. The van der Waals surface area contributed by atoms with Gasteiger partial charge in [-0.1, -0.05) is 18.2 Å². The largest absolute Gasteiger partial charge is 0.345 e. The summed E-state index contributed by atoms with van der Waals surface area (Å²) in [6.45, 7) is 2.91. The van der Waals surface area contributed by atoms with E-state index in [0.29, 0.717) is 0 Å². The van der Waals surface area contributed by atoms with Gasteiger partial charge in [0.05, 0.1) is 0 Å². The summed E-state index contributed by atoms with van der Waals surface area (Å²) in [7, 11) is 0. The Morgan fingerprint density at radius 3 is 2.57 bits per heavy atom. The van der Waals surface area contributed by atoms with Crippen LogP contribution in [0.15, 0.2) is 30.3 Å². The highest BCUT2D eigenvalue weighted by Gasteiger charge is 2.33. The van der Waals surface area contributed by atoms with Crippen LogP contribution in [0.3, 0.4) is 0 Å². The molecule has 0 aromatic heterocycles. The van der Waals surface area contributed by atoms with E-state index in [-0.39, 0.29) is 3.36 Å². The minimum absolute atomic E-state index is 0.153. The van der Waals surface area contributed by atoms with Crippen LogP contribution in [0.1, 0.15) is 0 Å². The summed E-state index contributed by atoms with van der Waals surface area (Å²) in [4.78, 5) is 2.31. The molecule has 1 aromatic rings. The second-order valence-corrected chi connectivity index (χ2v) is 7.02. The fraction of sp³-hybridized carbons (Fsp3) is 0.400. The summed E-state index contributed by atoms with van der Waals surface area (Å²) in [6, 6.07) is 10.4. The molecule has 0 radical (unpaired) electrons. The molecule has 14 heavy (non-hydrogen) atoms. The van der Waals surface area contributed by atoms with E-state index < -0.39 is 0 Å². The predicted molar refractivity (Wildman–Crippen MR) is 67.2 cm³/mol. The minimum atomic E-state index is -0.153. The summed E-state index contributed by atoms with van der Waals surface area (Å²) in [5.41, 5.74) is 1.24. The average Bonchev–Trinajstić information content (AvgIpc) is 2.18. The average molecular weight is 320 g/mol. The van der Waals surface area contributed by atoms with Gasteiger partial charge in [0.2, 0.25) is 0 Å². The Morgan fingerprint density at radius 1 is 1.21 bits per heavy atom. The Labute approximate surface area is 101 Å². The maximum absolute atomic E-state index is 3.68. The first-order valence-corrected chi connectivity index (χ1v) is 6.20. The van der Waals surface area contributed by atoms with Crippen LogP contribution in [0.5, 0.6) is 0 Å². The number of alkyl halides is 2. The molecule has 0 atom stereocenters. The standard InChI is InChI=1S/C10H12Br2N2/c11-10(12)8-13-6-7-14(10)9-4-2-1-3-5-9/h1-5,13H,6-8H2. The molecule has 0 aliphatic carbocycles. The van der Waals surface area contributed by atoms with Gasteiger partial charge in [-0.05, 0) is 44.0 Å². The van der Waals surface area contributed by atoms with E-state index in [0.717, 1.165) is 19.6 Å². The first-order chi connectivity index (χ1) is 6.70. The van der Waals surface area contributed by atoms with Crippen LogP contribution in [-0.4, -0.2) is 23.0 Å². The Balaban J connectivity index is 2.24. The summed E-state index contributed by atoms with van der Waals surface area (Å²) in [5.74, 6) is 0. The van der Waals surface area contributed by atoms with Crippen molar-refractivity contribution in [3.05, 3.63) is 30.3 Å². The Morgan fingerprint density at radius 2 is 1.93 bits per heavy atom. The number of halogens is 2. The number of para-hydroxylation sites is 1. The Bertz CT molecular complexity index is 300. The zero-order chi connectivity index (χ0) is 10.0. The SMILES string of the molecule is BrC1(Br)CNCCN1c1ccccc1. The Hall–Kier alpha value is -0.0600. The molecule has 1 N–H and O–H groups in total. The van der Waals surface area contributed by atoms with Crippen LogP contribution in [0.2, 0.25) is 0 Å². The van der Waals surface area contributed by atoms with Crippen molar-refractivity contribution in [3.8, 4) is 0 Å². The molecule has 2 rings (SSSR count). The van der Waals surface area contributed by atoms with Gasteiger partial charge in [-0.25, -0.2) is 0 Å². The van der Waals surface area contributed by atoms with Crippen molar-refractivity contribution in [1.82, 2.24) is 5.32 Å². The van der Waals surface area contributed by atoms with Crippen LogP contribution < -0.4 is 10.2 Å². The van der Waals surface area contributed by atoms with Gasteiger partial charge in [-0.3, -0.25) is 0 Å². The van der Waals surface area contributed by atoms with Crippen molar-refractivity contribution in [2.75, 3.05) is 24.5 Å². The smallest absolute Gasteiger partial charge is 0.164 e. The number of rotatable bonds is 1. The summed E-state index contributed by atoms with van der Waals surface area (Å²) >= 11 is 7.35. The first kappa shape index (κ1) is 10.5. The maximum atomic E-state index is 3.68. The molecule has 0 spiro atoms. The molecule has 1 fully saturated rings. The number of hydrogen-bond donors (Lipinski definition) is 1. The summed E-state index contributed by atoms with van der Waals surface area (Å²) in [5, 5.41) is 3.34. The van der Waals surface area contributed by atoms with Crippen LogP contribution in [0, 0.1) is 0 Å². The van der Waals surface area contributed by atoms with Crippen LogP contribution >= 0.6 is 31.9 Å². The topological polar surface area (TPSA) is 15.3 Å². The molecule has 0 saturated carbocycles. The van der Waals surface area contributed by atoms with Gasteiger partial charge in [-0.2, -0.15) is 0 Å². The van der Waals surface area contributed by atoms with Crippen molar-refractivity contribution in [3.63, 3.8) is 0 Å². The van der Waals surface area contributed by atoms with Gasteiger partial charge in [0, 0.05) is 25.3 Å². The molecule has 2 nitrogen and oxygen atoms in total. The van der Waals surface area contributed by atoms with Crippen LogP contribution in [-0.2, 0) is 0 Å². The number of nitrogens with one attached hydrogen (secondary N) is 1. The number of anilines is 1. The van der Waals surface area contributed by atoms with Crippen molar-refractivity contribution in [1.29, 1.82) is 0 Å². The lowest BCUT2D eigenvalue weighted by molar-refractivity contribution is 0.551. The fourth-order valence-electron chi connectivity index (χ4n) is 1.61. The van der Waals surface area contributed by atoms with Crippen LogP contribution in [0.25, 0.3) is 0 Å². The van der Waals surface area contributed by atoms with Crippen molar-refractivity contribution in [2.45, 2.75) is 3.36 Å². The second kappa shape index (κ2) is 4.21. The second-order valence-electron chi connectivity index (χ2n) is 3.33. The van der Waals surface area contributed by atoms with Gasteiger partial charge < -0.3 is 10.2 Å². The number of piperazine rings is 1. The zero-order valence-electron chi connectivity index (χ0n) is 7.71. The van der Waals surface area contributed by atoms with E-state index >= 15 is 0 Å². The molecule has 1 aliphatic rings. The molecular formula is C10H12Br2N2. The molecule has 76 valence electrons. The van der Waals surface area contributed by atoms with Gasteiger partial charge >= 0.3 is 0 Å². The highest BCUT2D eigenvalue weighted by molar-refractivity contribution is 9.25. The molecule has 1 heterocycles. The van der Waals surface area contributed by atoms with Crippen LogP contribution in [0.4, 0.5) is 5.69 Å². The third kappa shape index (κ3) is 2.12. The molecule has 1 aromatic carbocycles. The number of benzene rings is 1. The lowest BCUT2D eigenvalue weighted by Gasteiger charge is -2.41. The summed E-state index contributed by atoms with van der Waals surface area (Å²) < 4.78 is -0.153. The first-order valence-electron chi connectivity index (χ1n) is 4.61. The number of nitrogens with zero attached hydrogens (tertiary/aromatic N) is 1. The lowest BCUT2D eigenvalue weighted by Crippen LogP contribution is -2.54. The zero-order valence-corrected chi connectivity index (χ0v) is 10.9. The van der Waals surface area contributed by atoms with Gasteiger partial charge in [0.15, 0.2) is 3.36 Å². The molecule has 0 amide bonds. The molecule has 0 unspecified atom stereocenters. The highest BCUT2D eigenvalue weighted by Crippen LogP contribution is 2.35. The molecule has 4 heteroatoms. The third-order valence-corrected chi connectivity index (χ3v) is 3.73. The highest BCUT2D eigenvalue weighted by atomic mass is 79.9. The fourth-order valence-corrected chi connectivity index (χ4v) is 2.78. The van der Waals surface area contributed by atoms with E-state index in [1.807, 2.05) is 6.07 Å². The molecule has 1 aliphatic heterocycles. The van der Waals surface area contributed by atoms with Crippen molar-refractivity contribution >= 4 is 37.5 Å². The van der Waals surface area contributed by atoms with E-state index in [9.17, 15) is 0 Å². The van der Waals surface area contributed by atoms with Crippen molar-refractivity contribution in [2.24, 2.45) is 0 Å². The molecular weight excluding hydrogens is 308 g/mol. The van der Waals surface area contributed by atoms with E-state index in [1.54, 1.807) is 0 Å². The number of hydrogen-bond acceptors (Lipinski definition) is 2.